The van der Waals surface area contributed by atoms with Gasteiger partial charge in [-0.15, -0.1) is 0 Å². The van der Waals surface area contributed by atoms with Gasteiger partial charge in [0.05, 0.1) is 4.92 Å². The number of hydrogen-bond acceptors (Lipinski definition) is 4. The van der Waals surface area contributed by atoms with Gasteiger partial charge in [-0.3, -0.25) is 14.9 Å². The lowest BCUT2D eigenvalue weighted by Crippen LogP contribution is -2.40. The van der Waals surface area contributed by atoms with Crippen LogP contribution in [0.2, 0.25) is 0 Å². The SMILES string of the molecule is CCC(OC(C)=O)C(Br)(Br)[N+](=O)[O-]. The molecule has 13 heavy (non-hydrogen) atoms. The molecule has 0 fully saturated rings. The predicted molar refractivity (Wildman–Crippen MR) is 53.4 cm³/mol. The Bertz CT molecular complexity index is 219. The summed E-state index contributed by atoms with van der Waals surface area (Å²) in [5.41, 5.74) is 0. The molecule has 0 saturated carbocycles. The van der Waals surface area contributed by atoms with Gasteiger partial charge in [-0.2, -0.15) is 0 Å². The highest BCUT2D eigenvalue weighted by Gasteiger charge is 2.47. The van der Waals surface area contributed by atoms with Gasteiger partial charge in [-0.25, -0.2) is 0 Å². The zero-order chi connectivity index (χ0) is 10.6. The number of ether oxygens (including phenoxy) is 1. The van der Waals surface area contributed by atoms with Crippen molar-refractivity contribution in [3.8, 4) is 0 Å². The molecule has 0 heterocycles. The molecular formula is C6H9Br2NO4. The summed E-state index contributed by atoms with van der Waals surface area (Å²) in [7, 11) is 0. The van der Waals surface area contributed by atoms with Crippen molar-refractivity contribution in [3.05, 3.63) is 10.1 Å². The van der Waals surface area contributed by atoms with Crippen LogP contribution in [-0.2, 0) is 9.53 Å². The molecule has 5 nitrogen and oxygen atoms in total. The van der Waals surface area contributed by atoms with Crippen LogP contribution < -0.4 is 0 Å². The fourth-order valence-corrected chi connectivity index (χ4v) is 1.55. The highest BCUT2D eigenvalue weighted by atomic mass is 79.9. The summed E-state index contributed by atoms with van der Waals surface area (Å²) >= 11 is 5.68. The molecule has 0 aromatic rings. The second-order valence-electron chi connectivity index (χ2n) is 2.35. The minimum Gasteiger partial charge on any atom is -0.453 e. The molecule has 1 atom stereocenters. The predicted octanol–water partition coefficient (Wildman–Crippen LogP) is 2.05. The highest BCUT2D eigenvalue weighted by Crippen LogP contribution is 2.34. The number of carbonyl (C=O) groups excluding carboxylic acids is 1. The van der Waals surface area contributed by atoms with Crippen molar-refractivity contribution in [1.29, 1.82) is 0 Å². The Morgan fingerprint density at radius 3 is 2.38 bits per heavy atom. The lowest BCUT2D eigenvalue weighted by molar-refractivity contribution is -0.515. The molecule has 1 unspecified atom stereocenters. The summed E-state index contributed by atoms with van der Waals surface area (Å²) in [5.74, 6) is -0.544. The van der Waals surface area contributed by atoms with E-state index in [1.54, 1.807) is 6.92 Å². The third-order valence-electron chi connectivity index (χ3n) is 1.31. The summed E-state index contributed by atoms with van der Waals surface area (Å²) in [6, 6.07) is 0. The molecule has 0 aromatic carbocycles. The maximum Gasteiger partial charge on any atom is 0.362 e. The van der Waals surface area contributed by atoms with Crippen LogP contribution in [0.5, 0.6) is 0 Å². The van der Waals surface area contributed by atoms with Crippen LogP contribution in [-0.4, -0.2) is 20.4 Å². The fourth-order valence-electron chi connectivity index (χ4n) is 0.718. The molecule has 0 aliphatic rings. The zero-order valence-electron chi connectivity index (χ0n) is 7.12. The van der Waals surface area contributed by atoms with Gasteiger partial charge in [-0.05, 0) is 6.42 Å². The van der Waals surface area contributed by atoms with E-state index in [4.69, 9.17) is 4.74 Å². The maximum absolute atomic E-state index is 10.6. The van der Waals surface area contributed by atoms with E-state index in [0.717, 1.165) is 0 Å². The average Bonchev–Trinajstić information content (AvgIpc) is 1.99. The van der Waals surface area contributed by atoms with E-state index in [-0.39, 0.29) is 0 Å². The van der Waals surface area contributed by atoms with Gasteiger partial charge in [0.2, 0.25) is 0 Å². The lowest BCUT2D eigenvalue weighted by atomic mass is 10.3. The summed E-state index contributed by atoms with van der Waals surface area (Å²) < 4.78 is 3.15. The van der Waals surface area contributed by atoms with E-state index in [1.807, 2.05) is 0 Å². The van der Waals surface area contributed by atoms with Gasteiger partial charge < -0.3 is 4.74 Å². The van der Waals surface area contributed by atoms with Gasteiger partial charge in [0.25, 0.3) is 0 Å². The third kappa shape index (κ3) is 3.60. The summed E-state index contributed by atoms with van der Waals surface area (Å²) in [4.78, 5) is 20.5. The normalized spacial score (nSPS) is 13.5. The van der Waals surface area contributed by atoms with E-state index in [0.29, 0.717) is 6.42 Å². The number of esters is 1. The first-order chi connectivity index (χ1) is 5.82. The second-order valence-corrected chi connectivity index (χ2v) is 5.83. The first-order valence-electron chi connectivity index (χ1n) is 3.51. The molecule has 0 aliphatic carbocycles. The molecular weight excluding hydrogens is 310 g/mol. The fraction of sp³-hybridized carbons (Fsp3) is 0.833. The number of nitro groups is 1. The zero-order valence-corrected chi connectivity index (χ0v) is 10.3. The van der Waals surface area contributed by atoms with E-state index < -0.39 is 20.4 Å². The summed E-state index contributed by atoms with van der Waals surface area (Å²) in [6.45, 7) is 2.90. The molecule has 0 rings (SSSR count). The molecule has 7 heteroatoms. The first-order valence-corrected chi connectivity index (χ1v) is 5.10. The van der Waals surface area contributed by atoms with Crippen LogP contribution in [0.25, 0.3) is 0 Å². The minimum atomic E-state index is -1.60. The number of nitrogens with zero attached hydrogens (tertiary/aromatic N) is 1. The van der Waals surface area contributed by atoms with Crippen LogP contribution in [0.4, 0.5) is 0 Å². The van der Waals surface area contributed by atoms with Gasteiger partial charge in [0.1, 0.15) is 0 Å². The monoisotopic (exact) mass is 317 g/mol. The quantitative estimate of drug-likeness (QED) is 0.261. The molecule has 0 aliphatic heterocycles. The van der Waals surface area contributed by atoms with Crippen LogP contribution in [0.15, 0.2) is 0 Å². The molecule has 0 radical (unpaired) electrons. The molecule has 0 spiro atoms. The Kier molecular flexibility index (Phi) is 4.83. The largest absolute Gasteiger partial charge is 0.453 e. The van der Waals surface area contributed by atoms with Crippen LogP contribution in [0, 0.1) is 10.1 Å². The number of carbonyl (C=O) groups is 1. The van der Waals surface area contributed by atoms with Crippen molar-refractivity contribution in [1.82, 2.24) is 0 Å². The van der Waals surface area contributed by atoms with Gasteiger partial charge in [-0.1, -0.05) is 6.92 Å². The van der Waals surface area contributed by atoms with Crippen molar-refractivity contribution in [2.75, 3.05) is 0 Å². The van der Waals surface area contributed by atoms with Crippen LogP contribution in [0.1, 0.15) is 20.3 Å². The van der Waals surface area contributed by atoms with Crippen LogP contribution >= 0.6 is 31.9 Å². The maximum atomic E-state index is 10.6. The summed E-state index contributed by atoms with van der Waals surface area (Å²) in [5, 5.41) is 10.5. The summed E-state index contributed by atoms with van der Waals surface area (Å²) in [6.07, 6.45) is -0.489. The highest BCUT2D eigenvalue weighted by molar-refractivity contribution is 9.25. The van der Waals surface area contributed by atoms with Crippen molar-refractivity contribution in [2.24, 2.45) is 0 Å². The van der Waals surface area contributed by atoms with E-state index in [9.17, 15) is 14.9 Å². The van der Waals surface area contributed by atoms with Crippen molar-refractivity contribution >= 4 is 37.8 Å². The molecule has 0 amide bonds. The Balaban J connectivity index is 4.55. The molecule has 76 valence electrons. The smallest absolute Gasteiger partial charge is 0.362 e. The minimum absolute atomic E-state index is 0.344. The molecule has 0 N–H and O–H groups in total. The Morgan fingerprint density at radius 1 is 1.69 bits per heavy atom. The second kappa shape index (κ2) is 4.90. The number of alkyl halides is 2. The van der Waals surface area contributed by atoms with Crippen molar-refractivity contribution < 1.29 is 14.5 Å². The molecule has 0 aromatic heterocycles. The topological polar surface area (TPSA) is 69.4 Å². The third-order valence-corrected chi connectivity index (χ3v) is 2.91. The lowest BCUT2D eigenvalue weighted by Gasteiger charge is -2.21. The Labute approximate surface area is 92.2 Å². The number of hydrogen-bond donors (Lipinski definition) is 0. The number of rotatable bonds is 4. The van der Waals surface area contributed by atoms with Gasteiger partial charge in [0.15, 0.2) is 6.10 Å². The van der Waals surface area contributed by atoms with Crippen molar-refractivity contribution in [2.45, 2.75) is 29.7 Å². The van der Waals surface area contributed by atoms with E-state index >= 15 is 0 Å². The van der Waals surface area contributed by atoms with E-state index in [1.165, 1.54) is 6.92 Å². The van der Waals surface area contributed by atoms with Crippen molar-refractivity contribution in [3.63, 3.8) is 0 Å². The Hall–Kier alpha value is -0.170. The number of halogens is 2. The van der Waals surface area contributed by atoms with Gasteiger partial charge in [0, 0.05) is 38.8 Å². The first kappa shape index (κ1) is 12.8. The molecule has 0 bridgehead atoms. The van der Waals surface area contributed by atoms with Gasteiger partial charge >= 0.3 is 9.33 Å². The van der Waals surface area contributed by atoms with E-state index in [2.05, 4.69) is 31.9 Å². The average molecular weight is 319 g/mol. The molecule has 0 saturated heterocycles. The Morgan fingerprint density at radius 2 is 2.15 bits per heavy atom. The van der Waals surface area contributed by atoms with Crippen LogP contribution in [0.3, 0.4) is 0 Å². The standard InChI is InChI=1S/C6H9Br2NO4/c1-3-5(13-4(2)10)6(7,8)9(11)12/h5H,3H2,1-2H3.